The number of alkyl carbamates (subject to hydrolysis) is 3. The number of ether oxygens (including phenoxy) is 5. The van der Waals surface area contributed by atoms with Gasteiger partial charge in [0.05, 0.1) is 0 Å². The van der Waals surface area contributed by atoms with Crippen LogP contribution in [-0.2, 0) is 115 Å². The zero-order valence-corrected chi connectivity index (χ0v) is 91.8. The number of rotatable bonds is 61. The standard InChI is InChI=1S/C107H163Cl2N15O24S/c1-63(2)54-82(99(135)123-87(62-149-61-71-45-43-68(11)44-46-71)100(136)115-79(47-49-89(125)146-74-34-19-17-20-35-74)93(129)119-85(57-66(7)8)98(134)122-84(56-65(5)6)96(132)117-81(103(139)140)41-28-30-52-111-105(142)145-60-73-33-24-26-39-77(73)109)118-91(127)69(12)112-92(128)78(40-27-29-51-110-104(141)144-59-72-32-23-25-38-76(72)108)114-95(131)83(55-64(3)4)121-97(133)86(58-67(9)10)120-94(130)80(48-50-90(126)147-75-36-21-18-22-37-75)116-101(137)88-42-31-53-124(88)102(138)70(13)113-106(143)148-107(14,15)16/h23-26,32-33,38-39,43-46,63-67,69-70,74-75,78-88H,17-22,27-31,34-37,40-42,47-62H2,1-16H3,(H,110,141)(H,111,142)(H,112,128)(H,113,143)(H,114,131)(H,115,136)(H,116,137)(H,117,132)(H,118,127)(H,119,129)(H,120,130)(H,121,133)(H,122,134)(H,123,135)(H,139,140)/t69-,70+,78-,79-,80-,81-,82-,83-,84-,85-,86-,87-,88-/m0/s1. The second-order valence-corrected chi connectivity index (χ2v) is 44.0. The molecule has 0 aromatic heterocycles. The van der Waals surface area contributed by atoms with Crippen LogP contribution in [0.5, 0.6) is 0 Å². The van der Waals surface area contributed by atoms with Gasteiger partial charge in [0.15, 0.2) is 0 Å². The van der Waals surface area contributed by atoms with Crippen molar-refractivity contribution in [1.29, 1.82) is 0 Å². The monoisotopic (exact) mass is 2140 g/mol. The molecule has 6 rings (SSSR count). The molecule has 39 nitrogen and oxygen atoms in total. The van der Waals surface area contributed by atoms with Gasteiger partial charge >= 0.3 is 36.2 Å². The molecule has 0 spiro atoms. The summed E-state index contributed by atoms with van der Waals surface area (Å²) in [5.74, 6) is -14.1. The first-order valence-corrected chi connectivity index (χ1v) is 54.6. The lowest BCUT2D eigenvalue weighted by atomic mass is 9.98. The Bertz CT molecular complexity index is 4880. The van der Waals surface area contributed by atoms with Gasteiger partial charge in [-0.05, 0) is 237 Å². The minimum atomic E-state index is -1.61. The van der Waals surface area contributed by atoms with Gasteiger partial charge in [0.25, 0.3) is 0 Å². The first-order chi connectivity index (χ1) is 70.5. The molecule has 1 heterocycles. The molecule has 42 heteroatoms. The fourth-order valence-electron chi connectivity index (χ4n) is 17.3. The Labute approximate surface area is 890 Å². The Morgan fingerprint density at radius 2 is 0.745 bits per heavy atom. The summed E-state index contributed by atoms with van der Waals surface area (Å²) in [5.41, 5.74) is 2.09. The number of amides is 15. The summed E-state index contributed by atoms with van der Waals surface area (Å²) in [7, 11) is 0. The van der Waals surface area contributed by atoms with Crippen LogP contribution in [0.1, 0.15) is 299 Å². The number of aliphatic carboxylic acids is 1. The predicted molar refractivity (Wildman–Crippen MR) is 564 cm³/mol. The third-order valence-corrected chi connectivity index (χ3v) is 27.0. The molecular formula is C107H163Cl2N15O24S. The van der Waals surface area contributed by atoms with Crippen LogP contribution in [0.25, 0.3) is 0 Å². The molecular weight excluding hydrogens is 1980 g/mol. The van der Waals surface area contributed by atoms with Gasteiger partial charge in [0.1, 0.15) is 110 Å². The van der Waals surface area contributed by atoms with Gasteiger partial charge in [0, 0.05) is 65.2 Å². The average Bonchev–Trinajstić information content (AvgIpc) is 1.73. The molecule has 3 aromatic rings. The van der Waals surface area contributed by atoms with Crippen molar-refractivity contribution in [3.63, 3.8) is 0 Å². The number of hydrogen-bond donors (Lipinski definition) is 15. The van der Waals surface area contributed by atoms with Crippen LogP contribution in [0, 0.1) is 36.5 Å². The number of aryl methyl sites for hydroxylation is 1. The SMILES string of the molecule is Cc1ccc(CSC[C@H](NC(=O)[C@H](CC(C)C)NC(=O)[C@H](C)NC(=O)[C@H](CCCCNC(=O)OCc2ccccc2Cl)NC(=O)[C@H](CC(C)C)NC(=O)[C@H](CC(C)C)NC(=O)[C@H](CCC(=O)OC2CCCCC2)NC(=O)[C@@H]2CCCN2C(=O)[C@@H](C)NC(=O)OC(C)(C)C)C(=O)N[C@@H](CCC(=O)OC2CCCCC2)C(=O)N[C@@H](CC(C)C)C(=O)N[C@@H](CC(C)C)C(=O)N[C@@H](CCCCNC(=O)OCc2ccccc2Cl)C(=O)O)cc1. The maximum atomic E-state index is 15.4. The summed E-state index contributed by atoms with van der Waals surface area (Å²) in [6.07, 6.45) is 4.44. The van der Waals surface area contributed by atoms with E-state index in [4.69, 9.17) is 46.9 Å². The van der Waals surface area contributed by atoms with Crippen molar-refractivity contribution < 1.29 is 115 Å². The highest BCUT2D eigenvalue weighted by Crippen LogP contribution is 2.28. The van der Waals surface area contributed by atoms with Gasteiger partial charge in [-0.3, -0.25) is 67.1 Å². The van der Waals surface area contributed by atoms with Crippen LogP contribution in [0.15, 0.2) is 72.8 Å². The van der Waals surface area contributed by atoms with E-state index in [1.54, 1.807) is 139 Å². The average molecular weight is 2150 g/mol. The molecule has 0 radical (unpaired) electrons. The highest BCUT2D eigenvalue weighted by Gasteiger charge is 2.42. The van der Waals surface area contributed by atoms with E-state index in [9.17, 15) is 62.6 Å². The van der Waals surface area contributed by atoms with Crippen molar-refractivity contribution in [2.75, 3.05) is 25.4 Å². The summed E-state index contributed by atoms with van der Waals surface area (Å²) in [6.45, 7) is 27.5. The molecule has 0 unspecified atom stereocenters. The number of unbranched alkanes of at least 4 members (excludes halogenated alkanes) is 2. The number of nitrogens with one attached hydrogen (secondary N) is 14. The minimum absolute atomic E-state index is 0.0180. The van der Waals surface area contributed by atoms with E-state index in [1.165, 1.54) is 30.5 Å². The van der Waals surface area contributed by atoms with E-state index >= 15 is 28.8 Å². The number of carboxylic acids is 1. The maximum absolute atomic E-state index is 15.4. The Morgan fingerprint density at radius 3 is 1.15 bits per heavy atom. The molecule has 3 aliphatic rings. The minimum Gasteiger partial charge on any atom is -0.480 e. The first kappa shape index (κ1) is 126. The van der Waals surface area contributed by atoms with Crippen molar-refractivity contribution in [2.45, 2.75) is 399 Å². The number of nitrogens with zero attached hydrogens (tertiary/aromatic N) is 1. The van der Waals surface area contributed by atoms with Crippen LogP contribution in [0.3, 0.4) is 0 Å². The van der Waals surface area contributed by atoms with Crippen LogP contribution in [-0.4, -0.2) is 239 Å². The van der Waals surface area contributed by atoms with Crippen molar-refractivity contribution in [2.24, 2.45) is 29.6 Å². The number of likely N-dealkylation sites (tertiary alicyclic amines) is 1. The number of hydrogen-bond acceptors (Lipinski definition) is 24. The van der Waals surface area contributed by atoms with Gasteiger partial charge < -0.3 is 108 Å². The fraction of sp³-hybridized carbons (Fsp3) is 0.664. The summed E-state index contributed by atoms with van der Waals surface area (Å²) in [6, 6.07) is 2.99. The molecule has 0 bridgehead atoms. The van der Waals surface area contributed by atoms with Crippen molar-refractivity contribution in [1.82, 2.24) is 79.3 Å². The van der Waals surface area contributed by atoms with Crippen LogP contribution in [0.4, 0.5) is 14.4 Å². The van der Waals surface area contributed by atoms with Crippen molar-refractivity contribution in [3.8, 4) is 0 Å². The normalized spacial score (nSPS) is 16.3. The second-order valence-electron chi connectivity index (χ2n) is 42.1. The lowest BCUT2D eigenvalue weighted by Crippen LogP contribution is -2.61. The number of esters is 2. The van der Waals surface area contributed by atoms with Crippen molar-refractivity contribution >= 4 is 142 Å². The lowest BCUT2D eigenvalue weighted by Gasteiger charge is -2.30. The van der Waals surface area contributed by atoms with E-state index in [2.05, 4.69) is 74.4 Å². The number of carbonyl (C=O) groups is 18. The fourth-order valence-corrected chi connectivity index (χ4v) is 18.7. The Hall–Kier alpha value is -11.6. The highest BCUT2D eigenvalue weighted by atomic mass is 35.5. The summed E-state index contributed by atoms with van der Waals surface area (Å²) in [4.78, 5) is 258. The van der Waals surface area contributed by atoms with E-state index in [-0.39, 0.29) is 164 Å². The zero-order chi connectivity index (χ0) is 110. The van der Waals surface area contributed by atoms with E-state index in [1.807, 2.05) is 31.2 Å². The Kier molecular flexibility index (Phi) is 55.5. The summed E-state index contributed by atoms with van der Waals surface area (Å²) >= 11 is 13.8. The number of halogens is 2. The number of benzene rings is 3. The number of carboxylic acid groups (broad SMARTS) is 1. The molecule has 1 saturated heterocycles. The molecule has 830 valence electrons. The molecule has 3 fully saturated rings. The molecule has 2 aliphatic carbocycles. The zero-order valence-electron chi connectivity index (χ0n) is 89.5. The van der Waals surface area contributed by atoms with E-state index in [0.717, 1.165) is 49.7 Å². The quantitative estimate of drug-likeness (QED) is 0.0142. The van der Waals surface area contributed by atoms with Gasteiger partial charge in [-0.1, -0.05) is 172 Å². The molecule has 3 aromatic carbocycles. The molecule has 13 atom stereocenters. The highest BCUT2D eigenvalue weighted by molar-refractivity contribution is 7.98. The molecule has 149 heavy (non-hydrogen) atoms. The van der Waals surface area contributed by atoms with Crippen LogP contribution >= 0.6 is 35.0 Å². The maximum Gasteiger partial charge on any atom is 0.408 e. The first-order valence-electron chi connectivity index (χ1n) is 52.7. The largest absolute Gasteiger partial charge is 0.480 e. The summed E-state index contributed by atoms with van der Waals surface area (Å²) < 4.78 is 27.7. The molecule has 2 saturated carbocycles. The Balaban J connectivity index is 1.25. The summed E-state index contributed by atoms with van der Waals surface area (Å²) in [5, 5.41) is 49.1. The van der Waals surface area contributed by atoms with Gasteiger partial charge in [-0.2, -0.15) is 11.8 Å². The van der Waals surface area contributed by atoms with Gasteiger partial charge in [0.2, 0.25) is 70.9 Å². The number of thioether (sulfide) groups is 1. The Morgan fingerprint density at radius 1 is 0.389 bits per heavy atom. The molecule has 1 aliphatic heterocycles. The predicted octanol–water partition coefficient (Wildman–Crippen LogP) is 11.6. The molecule has 15 N–H and O–H groups in total. The smallest absolute Gasteiger partial charge is 0.408 e. The third kappa shape index (κ3) is 48.5. The van der Waals surface area contributed by atoms with E-state index < -0.39 is 204 Å². The number of carbonyl (C=O) groups excluding carboxylic acids is 17. The second kappa shape index (κ2) is 65.5. The topological polar surface area (TPSA) is 545 Å². The lowest BCUT2D eigenvalue weighted by molar-refractivity contribution is -0.152. The molecule has 15 amide bonds. The van der Waals surface area contributed by atoms with Crippen molar-refractivity contribution in [3.05, 3.63) is 105 Å². The van der Waals surface area contributed by atoms with Crippen LogP contribution in [0.2, 0.25) is 10.0 Å². The third-order valence-electron chi connectivity index (χ3n) is 25.2. The van der Waals surface area contributed by atoms with Gasteiger partial charge in [-0.15, -0.1) is 0 Å². The van der Waals surface area contributed by atoms with Gasteiger partial charge in [-0.25, -0.2) is 19.2 Å². The van der Waals surface area contributed by atoms with E-state index in [0.29, 0.717) is 65.4 Å². The van der Waals surface area contributed by atoms with Crippen LogP contribution < -0.4 is 74.4 Å².